The highest BCUT2D eigenvalue weighted by atomic mass is 16.1. The fourth-order valence-corrected chi connectivity index (χ4v) is 3.00. The van der Waals surface area contributed by atoms with E-state index < -0.39 is 0 Å². The first-order valence-corrected chi connectivity index (χ1v) is 9.15. The molecular weight excluding hydrogens is 312 g/mol. The molecule has 1 aromatic heterocycles. The Labute approximate surface area is 149 Å². The van der Waals surface area contributed by atoms with Gasteiger partial charge in [-0.05, 0) is 44.7 Å². The van der Waals surface area contributed by atoms with E-state index in [1.54, 1.807) is 6.33 Å². The summed E-state index contributed by atoms with van der Waals surface area (Å²) in [6, 6.07) is 9.84. The summed E-state index contributed by atoms with van der Waals surface area (Å²) < 4.78 is 0. The molecule has 1 aliphatic rings. The minimum atomic E-state index is -0.0300. The summed E-state index contributed by atoms with van der Waals surface area (Å²) in [5.74, 6) is 0.959. The van der Waals surface area contributed by atoms with E-state index >= 15 is 0 Å². The second-order valence-electron chi connectivity index (χ2n) is 6.67. The second kappa shape index (κ2) is 8.10. The lowest BCUT2D eigenvalue weighted by Crippen LogP contribution is -2.31. The molecular formula is C20H26N4O. The van der Waals surface area contributed by atoms with Crippen LogP contribution in [0.2, 0.25) is 0 Å². The average molecular weight is 338 g/mol. The van der Waals surface area contributed by atoms with Crippen LogP contribution in [0.4, 0.5) is 5.82 Å². The van der Waals surface area contributed by atoms with Crippen molar-refractivity contribution in [3.8, 4) is 11.3 Å². The van der Waals surface area contributed by atoms with Crippen LogP contribution in [0.3, 0.4) is 0 Å². The Bertz CT molecular complexity index is 708. The van der Waals surface area contributed by atoms with Crippen molar-refractivity contribution in [2.75, 3.05) is 18.0 Å². The first-order valence-electron chi connectivity index (χ1n) is 9.15. The van der Waals surface area contributed by atoms with Gasteiger partial charge in [-0.3, -0.25) is 4.79 Å². The Kier molecular flexibility index (Phi) is 5.64. The van der Waals surface area contributed by atoms with E-state index in [1.807, 2.05) is 37.3 Å². The second-order valence-corrected chi connectivity index (χ2v) is 6.67. The van der Waals surface area contributed by atoms with E-state index in [0.29, 0.717) is 5.56 Å². The number of hydrogen-bond acceptors (Lipinski definition) is 4. The monoisotopic (exact) mass is 338 g/mol. The number of hydrogen-bond donors (Lipinski definition) is 1. The van der Waals surface area contributed by atoms with E-state index in [2.05, 4.69) is 27.1 Å². The molecule has 5 heteroatoms. The van der Waals surface area contributed by atoms with Crippen LogP contribution >= 0.6 is 0 Å². The molecule has 1 aromatic carbocycles. The zero-order valence-electron chi connectivity index (χ0n) is 15.0. The normalized spacial score (nSPS) is 15.7. The highest BCUT2D eigenvalue weighted by molar-refractivity contribution is 5.94. The van der Waals surface area contributed by atoms with Crippen LogP contribution in [-0.2, 0) is 0 Å². The van der Waals surface area contributed by atoms with E-state index in [4.69, 9.17) is 0 Å². The van der Waals surface area contributed by atoms with Crippen LogP contribution in [-0.4, -0.2) is 35.0 Å². The van der Waals surface area contributed by atoms with Crippen molar-refractivity contribution in [1.82, 2.24) is 15.3 Å². The summed E-state index contributed by atoms with van der Waals surface area (Å²) in [4.78, 5) is 23.3. The molecule has 0 aliphatic carbocycles. The molecule has 3 rings (SSSR count). The zero-order chi connectivity index (χ0) is 17.6. The number of benzene rings is 1. The smallest absolute Gasteiger partial charge is 0.251 e. The van der Waals surface area contributed by atoms with Crippen molar-refractivity contribution in [2.45, 2.75) is 45.6 Å². The van der Waals surface area contributed by atoms with E-state index in [-0.39, 0.29) is 11.9 Å². The lowest BCUT2D eigenvalue weighted by Gasteiger charge is -2.27. The van der Waals surface area contributed by atoms with Gasteiger partial charge in [0.15, 0.2) is 0 Å². The number of carbonyl (C=O) groups is 1. The number of nitrogens with one attached hydrogen (secondary N) is 1. The predicted molar refractivity (Wildman–Crippen MR) is 101 cm³/mol. The van der Waals surface area contributed by atoms with Gasteiger partial charge < -0.3 is 10.2 Å². The SMILES string of the molecule is CC[C@@H](C)NC(=O)c1ccc(-c2cc(N3CCCCC3)ncn2)cc1. The summed E-state index contributed by atoms with van der Waals surface area (Å²) in [6.07, 6.45) is 6.29. The minimum Gasteiger partial charge on any atom is -0.357 e. The summed E-state index contributed by atoms with van der Waals surface area (Å²) in [6.45, 7) is 6.19. The Hall–Kier alpha value is -2.43. The van der Waals surface area contributed by atoms with Crippen LogP contribution in [0.1, 0.15) is 49.9 Å². The van der Waals surface area contributed by atoms with Crippen molar-refractivity contribution in [3.63, 3.8) is 0 Å². The van der Waals surface area contributed by atoms with Gasteiger partial charge in [0, 0.05) is 36.3 Å². The fourth-order valence-electron chi connectivity index (χ4n) is 3.00. The van der Waals surface area contributed by atoms with Crippen LogP contribution < -0.4 is 10.2 Å². The van der Waals surface area contributed by atoms with Crippen LogP contribution in [0.25, 0.3) is 11.3 Å². The quantitative estimate of drug-likeness (QED) is 0.904. The van der Waals surface area contributed by atoms with Gasteiger partial charge >= 0.3 is 0 Å². The Balaban J connectivity index is 1.75. The molecule has 0 saturated carbocycles. The standard InChI is InChI=1S/C20H26N4O/c1-3-15(2)23-20(25)17-9-7-16(8-10-17)18-13-19(22-14-21-18)24-11-5-4-6-12-24/h7-10,13-15H,3-6,11-12H2,1-2H3,(H,23,25)/t15-/m1/s1. The van der Waals surface area contributed by atoms with Gasteiger partial charge in [-0.15, -0.1) is 0 Å². The van der Waals surface area contributed by atoms with Crippen LogP contribution in [0, 0.1) is 0 Å². The maximum atomic E-state index is 12.2. The maximum absolute atomic E-state index is 12.2. The number of piperidine rings is 1. The van der Waals surface area contributed by atoms with E-state index in [0.717, 1.165) is 36.6 Å². The number of rotatable bonds is 5. The van der Waals surface area contributed by atoms with Crippen LogP contribution in [0.5, 0.6) is 0 Å². The van der Waals surface area contributed by atoms with Gasteiger partial charge in [0.1, 0.15) is 12.1 Å². The molecule has 1 aliphatic heterocycles. The van der Waals surface area contributed by atoms with Crippen molar-refractivity contribution in [2.24, 2.45) is 0 Å². The lowest BCUT2D eigenvalue weighted by atomic mass is 10.1. The fraction of sp³-hybridized carbons (Fsp3) is 0.450. The number of nitrogens with zero attached hydrogens (tertiary/aromatic N) is 3. The molecule has 1 fully saturated rings. The van der Waals surface area contributed by atoms with Crippen molar-refractivity contribution >= 4 is 11.7 Å². The third kappa shape index (κ3) is 4.35. The van der Waals surface area contributed by atoms with Crippen molar-refractivity contribution < 1.29 is 4.79 Å². The number of amides is 1. The molecule has 0 radical (unpaired) electrons. The summed E-state index contributed by atoms with van der Waals surface area (Å²) >= 11 is 0. The molecule has 0 bridgehead atoms. The molecule has 0 unspecified atom stereocenters. The molecule has 2 heterocycles. The molecule has 5 nitrogen and oxygen atoms in total. The number of carbonyl (C=O) groups excluding carboxylic acids is 1. The summed E-state index contributed by atoms with van der Waals surface area (Å²) in [5.41, 5.74) is 2.57. The highest BCUT2D eigenvalue weighted by Gasteiger charge is 2.14. The third-order valence-electron chi connectivity index (χ3n) is 4.77. The largest absolute Gasteiger partial charge is 0.357 e. The molecule has 25 heavy (non-hydrogen) atoms. The van der Waals surface area contributed by atoms with Gasteiger partial charge in [-0.1, -0.05) is 19.1 Å². The molecule has 132 valence electrons. The third-order valence-corrected chi connectivity index (χ3v) is 4.77. The summed E-state index contributed by atoms with van der Waals surface area (Å²) in [5, 5.41) is 2.99. The number of aromatic nitrogens is 2. The highest BCUT2D eigenvalue weighted by Crippen LogP contribution is 2.23. The van der Waals surface area contributed by atoms with Crippen LogP contribution in [0.15, 0.2) is 36.7 Å². The van der Waals surface area contributed by atoms with E-state index in [9.17, 15) is 4.79 Å². The van der Waals surface area contributed by atoms with Gasteiger partial charge in [0.2, 0.25) is 0 Å². The minimum absolute atomic E-state index is 0.0300. The lowest BCUT2D eigenvalue weighted by molar-refractivity contribution is 0.0939. The van der Waals surface area contributed by atoms with Gasteiger partial charge in [0.25, 0.3) is 5.91 Å². The van der Waals surface area contributed by atoms with Crippen molar-refractivity contribution in [3.05, 3.63) is 42.2 Å². The molecule has 1 N–H and O–H groups in total. The predicted octanol–water partition coefficient (Wildman–Crippen LogP) is 3.66. The first kappa shape index (κ1) is 17.4. The zero-order valence-corrected chi connectivity index (χ0v) is 15.0. The van der Waals surface area contributed by atoms with Gasteiger partial charge in [0.05, 0.1) is 5.69 Å². The van der Waals surface area contributed by atoms with E-state index in [1.165, 1.54) is 19.3 Å². The first-order chi connectivity index (χ1) is 12.2. The molecule has 1 saturated heterocycles. The molecule has 1 atom stereocenters. The summed E-state index contributed by atoms with van der Waals surface area (Å²) in [7, 11) is 0. The molecule has 0 spiro atoms. The number of anilines is 1. The molecule has 1 amide bonds. The average Bonchev–Trinajstić information content (AvgIpc) is 2.68. The topological polar surface area (TPSA) is 58.1 Å². The molecule has 2 aromatic rings. The van der Waals surface area contributed by atoms with Gasteiger partial charge in [-0.25, -0.2) is 9.97 Å². The van der Waals surface area contributed by atoms with Gasteiger partial charge in [-0.2, -0.15) is 0 Å². The Morgan fingerprint density at radius 3 is 2.56 bits per heavy atom. The Morgan fingerprint density at radius 2 is 1.88 bits per heavy atom. The maximum Gasteiger partial charge on any atom is 0.251 e. The van der Waals surface area contributed by atoms with Crippen molar-refractivity contribution in [1.29, 1.82) is 0 Å². The Morgan fingerprint density at radius 1 is 1.16 bits per heavy atom.